The van der Waals surface area contributed by atoms with E-state index >= 15 is 0 Å². The highest BCUT2D eigenvalue weighted by Gasteiger charge is 2.10. The number of aryl methyl sites for hydroxylation is 1. The number of nitrogens with zero attached hydrogens (tertiary/aromatic N) is 2. The lowest BCUT2D eigenvalue weighted by Crippen LogP contribution is -2.17. The van der Waals surface area contributed by atoms with E-state index in [1.54, 1.807) is 0 Å². The highest BCUT2D eigenvalue weighted by molar-refractivity contribution is 7.07. The second kappa shape index (κ2) is 6.80. The molecular formula is C18H17N3O2S. The summed E-state index contributed by atoms with van der Waals surface area (Å²) in [5.74, 6) is -0.474. The molecule has 1 N–H and O–H groups in total. The molecule has 0 aliphatic heterocycles. The van der Waals surface area contributed by atoms with Gasteiger partial charge < -0.3 is 9.55 Å². The molecule has 1 aromatic carbocycles. The first-order chi connectivity index (χ1) is 11.5. The maximum Gasteiger partial charge on any atom is 0.296 e. The van der Waals surface area contributed by atoms with Gasteiger partial charge in [-0.3, -0.25) is 9.59 Å². The Hall–Kier alpha value is -2.73. The standard InChI is InChI=1S/C18H17N3O2S/c1-12-3-5-14(6-4-12)11-21-7-8-24-18(21)20-17(23)16-9-15(10-19-16)13(2)22/h3-10,19H,11H2,1-2H3. The van der Waals surface area contributed by atoms with Crippen LogP contribution >= 0.6 is 11.3 Å². The molecule has 3 rings (SSSR count). The van der Waals surface area contributed by atoms with Crippen LogP contribution in [0.4, 0.5) is 0 Å². The number of benzene rings is 1. The zero-order valence-corrected chi connectivity index (χ0v) is 14.3. The van der Waals surface area contributed by atoms with Gasteiger partial charge in [0.1, 0.15) is 5.69 Å². The number of aromatic amines is 1. The summed E-state index contributed by atoms with van der Waals surface area (Å²) in [6.45, 7) is 4.16. The molecule has 0 spiro atoms. The highest BCUT2D eigenvalue weighted by Crippen LogP contribution is 2.07. The molecule has 24 heavy (non-hydrogen) atoms. The van der Waals surface area contributed by atoms with Crippen molar-refractivity contribution in [2.75, 3.05) is 0 Å². The number of amides is 1. The van der Waals surface area contributed by atoms with E-state index in [2.05, 4.69) is 34.2 Å². The van der Waals surface area contributed by atoms with Crippen LogP contribution in [0.25, 0.3) is 0 Å². The monoisotopic (exact) mass is 339 g/mol. The minimum absolute atomic E-state index is 0.0872. The van der Waals surface area contributed by atoms with Crippen molar-refractivity contribution in [3.05, 3.63) is 75.3 Å². The summed E-state index contributed by atoms with van der Waals surface area (Å²) in [5, 5.41) is 1.90. The number of H-pyrrole nitrogens is 1. The van der Waals surface area contributed by atoms with Crippen LogP contribution in [0.2, 0.25) is 0 Å². The summed E-state index contributed by atoms with van der Waals surface area (Å²) in [7, 11) is 0. The minimum atomic E-state index is -0.386. The predicted molar refractivity (Wildman–Crippen MR) is 93.3 cm³/mol. The van der Waals surface area contributed by atoms with E-state index in [4.69, 9.17) is 0 Å². The molecule has 5 nitrogen and oxygen atoms in total. The number of thiazole rings is 1. The number of Topliss-reactive ketones (excluding diaryl/α,β-unsaturated/α-hetero) is 1. The Morgan fingerprint density at radius 3 is 2.67 bits per heavy atom. The molecule has 0 aliphatic carbocycles. The normalized spacial score (nSPS) is 11.7. The molecule has 0 saturated carbocycles. The fraction of sp³-hybridized carbons (Fsp3) is 0.167. The second-order valence-electron chi connectivity index (χ2n) is 5.57. The maximum atomic E-state index is 12.3. The van der Waals surface area contributed by atoms with Crippen molar-refractivity contribution in [3.63, 3.8) is 0 Å². The maximum absolute atomic E-state index is 12.3. The van der Waals surface area contributed by atoms with Gasteiger partial charge in [-0.15, -0.1) is 11.3 Å². The quantitative estimate of drug-likeness (QED) is 0.742. The van der Waals surface area contributed by atoms with Crippen LogP contribution in [0.3, 0.4) is 0 Å². The molecule has 6 heteroatoms. The number of nitrogens with one attached hydrogen (secondary N) is 1. The van der Waals surface area contributed by atoms with Gasteiger partial charge in [0.2, 0.25) is 0 Å². The van der Waals surface area contributed by atoms with Gasteiger partial charge in [0.25, 0.3) is 5.91 Å². The third kappa shape index (κ3) is 3.60. The number of hydrogen-bond acceptors (Lipinski definition) is 3. The van der Waals surface area contributed by atoms with E-state index in [-0.39, 0.29) is 11.7 Å². The first kappa shape index (κ1) is 16.1. The predicted octanol–water partition coefficient (Wildman–Crippen LogP) is 3.18. The van der Waals surface area contributed by atoms with Gasteiger partial charge in [-0.05, 0) is 25.5 Å². The van der Waals surface area contributed by atoms with Crippen molar-refractivity contribution >= 4 is 23.0 Å². The number of carbonyl (C=O) groups excluding carboxylic acids is 2. The van der Waals surface area contributed by atoms with Crippen molar-refractivity contribution in [1.29, 1.82) is 0 Å². The van der Waals surface area contributed by atoms with Crippen LogP contribution in [-0.2, 0) is 6.54 Å². The molecule has 1 amide bonds. The summed E-state index contributed by atoms with van der Waals surface area (Å²) >= 11 is 1.40. The average Bonchev–Trinajstić information content (AvgIpc) is 3.19. The number of carbonyl (C=O) groups is 2. The number of hydrogen-bond donors (Lipinski definition) is 1. The van der Waals surface area contributed by atoms with E-state index in [0.29, 0.717) is 22.6 Å². The lowest BCUT2D eigenvalue weighted by Gasteiger charge is -2.03. The van der Waals surface area contributed by atoms with Crippen molar-refractivity contribution in [3.8, 4) is 0 Å². The largest absolute Gasteiger partial charge is 0.356 e. The summed E-state index contributed by atoms with van der Waals surface area (Å²) in [6.07, 6.45) is 3.44. The van der Waals surface area contributed by atoms with Crippen LogP contribution in [-0.4, -0.2) is 21.2 Å². The smallest absolute Gasteiger partial charge is 0.296 e. The van der Waals surface area contributed by atoms with E-state index in [1.807, 2.05) is 23.1 Å². The third-order valence-corrected chi connectivity index (χ3v) is 4.45. The van der Waals surface area contributed by atoms with Crippen LogP contribution < -0.4 is 4.80 Å². The zero-order valence-electron chi connectivity index (χ0n) is 13.4. The number of rotatable bonds is 4. The molecular weight excluding hydrogens is 322 g/mol. The van der Waals surface area contributed by atoms with Gasteiger partial charge >= 0.3 is 0 Å². The van der Waals surface area contributed by atoms with Crippen molar-refractivity contribution in [1.82, 2.24) is 9.55 Å². The van der Waals surface area contributed by atoms with Gasteiger partial charge in [0.05, 0.1) is 0 Å². The topological polar surface area (TPSA) is 67.2 Å². The lowest BCUT2D eigenvalue weighted by atomic mass is 10.1. The Kier molecular flexibility index (Phi) is 4.57. The van der Waals surface area contributed by atoms with Crippen molar-refractivity contribution < 1.29 is 9.59 Å². The Morgan fingerprint density at radius 1 is 1.25 bits per heavy atom. The van der Waals surface area contributed by atoms with Crippen LogP contribution in [0.5, 0.6) is 0 Å². The van der Waals surface area contributed by atoms with E-state index < -0.39 is 0 Å². The summed E-state index contributed by atoms with van der Waals surface area (Å²) < 4.78 is 1.93. The molecule has 122 valence electrons. The second-order valence-corrected chi connectivity index (χ2v) is 6.45. The zero-order chi connectivity index (χ0) is 17.1. The first-order valence-corrected chi connectivity index (χ1v) is 8.39. The van der Waals surface area contributed by atoms with Gasteiger partial charge in [-0.1, -0.05) is 29.8 Å². The Bertz CT molecular complexity index is 945. The van der Waals surface area contributed by atoms with Gasteiger partial charge in [0, 0.05) is 29.9 Å². The van der Waals surface area contributed by atoms with E-state index in [0.717, 1.165) is 5.56 Å². The molecule has 0 fully saturated rings. The molecule has 3 aromatic rings. The molecule has 2 aromatic heterocycles. The van der Waals surface area contributed by atoms with Crippen LogP contribution in [0, 0.1) is 6.92 Å². The first-order valence-electron chi connectivity index (χ1n) is 7.51. The Balaban J connectivity index is 1.85. The van der Waals surface area contributed by atoms with Crippen LogP contribution in [0.1, 0.15) is 38.9 Å². The highest BCUT2D eigenvalue weighted by atomic mass is 32.1. The SMILES string of the molecule is CC(=O)c1c[nH]c(C(=O)N=c2sccn2Cc2ccc(C)cc2)c1. The Labute approximate surface area is 143 Å². The Morgan fingerprint density at radius 2 is 2.00 bits per heavy atom. The van der Waals surface area contributed by atoms with E-state index in [1.165, 1.54) is 36.1 Å². The molecule has 0 bridgehead atoms. The summed E-state index contributed by atoms with van der Waals surface area (Å²) in [4.78, 5) is 31.2. The average molecular weight is 339 g/mol. The molecule has 0 atom stereocenters. The summed E-state index contributed by atoms with van der Waals surface area (Å²) in [5.41, 5.74) is 3.15. The molecule has 0 radical (unpaired) electrons. The lowest BCUT2D eigenvalue weighted by molar-refractivity contribution is 0.0992. The minimum Gasteiger partial charge on any atom is -0.356 e. The molecule has 0 saturated heterocycles. The van der Waals surface area contributed by atoms with Crippen molar-refractivity contribution in [2.45, 2.75) is 20.4 Å². The molecule has 0 unspecified atom stereocenters. The fourth-order valence-corrected chi connectivity index (χ4v) is 2.99. The molecule has 0 aliphatic rings. The number of ketones is 1. The van der Waals surface area contributed by atoms with Crippen LogP contribution in [0.15, 0.2) is 53.1 Å². The molecule has 2 heterocycles. The number of aromatic nitrogens is 2. The fourth-order valence-electron chi connectivity index (χ4n) is 2.27. The van der Waals surface area contributed by atoms with Gasteiger partial charge in [-0.2, -0.15) is 4.99 Å². The van der Waals surface area contributed by atoms with E-state index in [9.17, 15) is 9.59 Å². The van der Waals surface area contributed by atoms with Gasteiger partial charge in [0.15, 0.2) is 10.6 Å². The summed E-state index contributed by atoms with van der Waals surface area (Å²) in [6, 6.07) is 9.79. The van der Waals surface area contributed by atoms with Gasteiger partial charge in [-0.25, -0.2) is 0 Å². The van der Waals surface area contributed by atoms with Crippen molar-refractivity contribution in [2.24, 2.45) is 4.99 Å². The third-order valence-electron chi connectivity index (χ3n) is 3.65.